The van der Waals surface area contributed by atoms with Crippen LogP contribution in [0.4, 0.5) is 0 Å². The molecule has 2 N–H and O–H groups in total. The molecule has 1 amide bonds. The molecule has 4 nitrogen and oxygen atoms in total. The molecular weight excluding hydrogens is 264 g/mol. The number of hydrogen-bond acceptors (Lipinski definition) is 3. The summed E-state index contributed by atoms with van der Waals surface area (Å²) in [6, 6.07) is 8.18. The van der Waals surface area contributed by atoms with E-state index in [1.807, 2.05) is 24.3 Å². The van der Waals surface area contributed by atoms with E-state index < -0.39 is 0 Å². The number of nitrogens with one attached hydrogen (secondary N) is 1. The zero-order valence-corrected chi connectivity index (χ0v) is 13.0. The first-order valence-corrected chi connectivity index (χ1v) is 7.85. The van der Waals surface area contributed by atoms with E-state index in [0.717, 1.165) is 19.4 Å². The van der Waals surface area contributed by atoms with Crippen LogP contribution < -0.4 is 5.32 Å². The van der Waals surface area contributed by atoms with Crippen molar-refractivity contribution >= 4 is 5.91 Å². The Balaban J connectivity index is 2.05. The van der Waals surface area contributed by atoms with Gasteiger partial charge in [0, 0.05) is 24.7 Å². The molecule has 1 saturated heterocycles. The molecular formula is C17H26N2O2. The average Bonchev–Trinajstić information content (AvgIpc) is 2.99. The summed E-state index contributed by atoms with van der Waals surface area (Å²) in [6.07, 6.45) is 2.26. The Morgan fingerprint density at radius 2 is 2.10 bits per heavy atom. The van der Waals surface area contributed by atoms with Crippen molar-refractivity contribution in [3.8, 4) is 0 Å². The van der Waals surface area contributed by atoms with Gasteiger partial charge in [0.15, 0.2) is 0 Å². The Labute approximate surface area is 127 Å². The Kier molecular flexibility index (Phi) is 5.76. The van der Waals surface area contributed by atoms with Crippen molar-refractivity contribution < 1.29 is 9.90 Å². The largest absolute Gasteiger partial charge is 0.395 e. The Morgan fingerprint density at radius 3 is 2.62 bits per heavy atom. The molecule has 2 rings (SSSR count). The van der Waals surface area contributed by atoms with E-state index in [1.165, 1.54) is 5.56 Å². The molecule has 1 heterocycles. The highest BCUT2D eigenvalue weighted by molar-refractivity contribution is 5.94. The SMILES string of the molecule is CC(C)c1ccc(C(=O)N(CCO)CC2CCCN2)cc1. The summed E-state index contributed by atoms with van der Waals surface area (Å²) in [5.41, 5.74) is 1.93. The van der Waals surface area contributed by atoms with E-state index in [2.05, 4.69) is 19.2 Å². The summed E-state index contributed by atoms with van der Waals surface area (Å²) in [6.45, 7) is 6.37. The highest BCUT2D eigenvalue weighted by atomic mass is 16.3. The van der Waals surface area contributed by atoms with Crippen molar-refractivity contribution in [3.05, 3.63) is 35.4 Å². The van der Waals surface area contributed by atoms with Crippen LogP contribution >= 0.6 is 0 Å². The molecule has 1 aromatic rings. The summed E-state index contributed by atoms with van der Waals surface area (Å²) in [5.74, 6) is 0.471. The fourth-order valence-electron chi connectivity index (χ4n) is 2.77. The monoisotopic (exact) mass is 290 g/mol. The Hall–Kier alpha value is -1.39. The topological polar surface area (TPSA) is 52.6 Å². The number of hydrogen-bond donors (Lipinski definition) is 2. The summed E-state index contributed by atoms with van der Waals surface area (Å²) in [4.78, 5) is 14.3. The Bertz CT molecular complexity index is 450. The minimum atomic E-state index is 0.00252. The number of nitrogens with zero attached hydrogens (tertiary/aromatic N) is 1. The van der Waals surface area contributed by atoms with Crippen molar-refractivity contribution in [2.45, 2.75) is 38.6 Å². The summed E-state index contributed by atoms with van der Waals surface area (Å²) in [5, 5.41) is 12.6. The van der Waals surface area contributed by atoms with Gasteiger partial charge in [-0.2, -0.15) is 0 Å². The van der Waals surface area contributed by atoms with Crippen molar-refractivity contribution in [3.63, 3.8) is 0 Å². The van der Waals surface area contributed by atoms with Crippen LogP contribution in [0.2, 0.25) is 0 Å². The maximum atomic E-state index is 12.6. The zero-order chi connectivity index (χ0) is 15.2. The van der Waals surface area contributed by atoms with Crippen LogP contribution in [0.5, 0.6) is 0 Å². The highest BCUT2D eigenvalue weighted by Gasteiger charge is 2.22. The van der Waals surface area contributed by atoms with Crippen LogP contribution in [-0.4, -0.2) is 48.2 Å². The maximum absolute atomic E-state index is 12.6. The molecule has 4 heteroatoms. The molecule has 116 valence electrons. The fourth-order valence-corrected chi connectivity index (χ4v) is 2.77. The van der Waals surface area contributed by atoms with Crippen molar-refractivity contribution in [2.75, 3.05) is 26.2 Å². The predicted octanol–water partition coefficient (Wildman–Crippen LogP) is 2.00. The van der Waals surface area contributed by atoms with E-state index in [4.69, 9.17) is 0 Å². The molecule has 1 atom stereocenters. The number of aliphatic hydroxyl groups is 1. The minimum Gasteiger partial charge on any atom is -0.395 e. The lowest BCUT2D eigenvalue weighted by Gasteiger charge is -2.25. The molecule has 1 aliphatic rings. The second kappa shape index (κ2) is 7.57. The molecule has 0 saturated carbocycles. The molecule has 0 aromatic heterocycles. The predicted molar refractivity (Wildman–Crippen MR) is 84.5 cm³/mol. The first-order chi connectivity index (χ1) is 10.1. The van der Waals surface area contributed by atoms with Crippen LogP contribution in [0.25, 0.3) is 0 Å². The van der Waals surface area contributed by atoms with Gasteiger partial charge in [-0.3, -0.25) is 4.79 Å². The third-order valence-electron chi connectivity index (χ3n) is 4.08. The highest BCUT2D eigenvalue weighted by Crippen LogP contribution is 2.16. The van der Waals surface area contributed by atoms with Crippen LogP contribution in [0, 0.1) is 0 Å². The van der Waals surface area contributed by atoms with E-state index in [-0.39, 0.29) is 12.5 Å². The number of amides is 1. The Morgan fingerprint density at radius 1 is 1.38 bits per heavy atom. The van der Waals surface area contributed by atoms with E-state index in [9.17, 15) is 9.90 Å². The third kappa shape index (κ3) is 4.29. The molecule has 1 unspecified atom stereocenters. The van der Waals surface area contributed by atoms with Crippen molar-refractivity contribution in [1.82, 2.24) is 10.2 Å². The molecule has 1 aliphatic heterocycles. The van der Waals surface area contributed by atoms with Crippen LogP contribution in [-0.2, 0) is 0 Å². The van der Waals surface area contributed by atoms with Crippen LogP contribution in [0.3, 0.4) is 0 Å². The number of carbonyl (C=O) groups is 1. The lowest BCUT2D eigenvalue weighted by molar-refractivity contribution is 0.0706. The molecule has 0 aliphatic carbocycles. The van der Waals surface area contributed by atoms with Gasteiger partial charge >= 0.3 is 0 Å². The van der Waals surface area contributed by atoms with Crippen LogP contribution in [0.15, 0.2) is 24.3 Å². The van der Waals surface area contributed by atoms with Gasteiger partial charge in [0.1, 0.15) is 0 Å². The number of rotatable bonds is 6. The second-order valence-electron chi connectivity index (χ2n) is 6.04. The van der Waals surface area contributed by atoms with Crippen molar-refractivity contribution in [1.29, 1.82) is 0 Å². The first kappa shape index (κ1) is 16.0. The van der Waals surface area contributed by atoms with Gasteiger partial charge in [-0.1, -0.05) is 26.0 Å². The molecule has 1 aromatic carbocycles. The quantitative estimate of drug-likeness (QED) is 0.842. The van der Waals surface area contributed by atoms with Crippen LogP contribution in [0.1, 0.15) is 48.5 Å². The summed E-state index contributed by atoms with van der Waals surface area (Å²) in [7, 11) is 0. The van der Waals surface area contributed by atoms with Gasteiger partial charge in [0.2, 0.25) is 0 Å². The molecule has 0 bridgehead atoms. The first-order valence-electron chi connectivity index (χ1n) is 7.85. The second-order valence-corrected chi connectivity index (χ2v) is 6.04. The average molecular weight is 290 g/mol. The smallest absolute Gasteiger partial charge is 0.253 e. The van der Waals surface area contributed by atoms with Gasteiger partial charge in [-0.15, -0.1) is 0 Å². The zero-order valence-electron chi connectivity index (χ0n) is 13.0. The molecule has 0 spiro atoms. The number of benzene rings is 1. The fraction of sp³-hybridized carbons (Fsp3) is 0.588. The third-order valence-corrected chi connectivity index (χ3v) is 4.08. The van der Waals surface area contributed by atoms with E-state index >= 15 is 0 Å². The normalized spacial score (nSPS) is 18.2. The standard InChI is InChI=1S/C17H26N2O2/c1-13(2)14-5-7-15(8-6-14)17(21)19(10-11-20)12-16-4-3-9-18-16/h5-8,13,16,18,20H,3-4,9-12H2,1-2H3. The van der Waals surface area contributed by atoms with E-state index in [1.54, 1.807) is 4.90 Å². The number of carbonyl (C=O) groups excluding carboxylic acids is 1. The molecule has 0 radical (unpaired) electrons. The number of aliphatic hydroxyl groups excluding tert-OH is 1. The summed E-state index contributed by atoms with van der Waals surface area (Å²) >= 11 is 0. The van der Waals surface area contributed by atoms with Gasteiger partial charge in [-0.05, 0) is 43.0 Å². The minimum absolute atomic E-state index is 0.00252. The molecule has 1 fully saturated rings. The van der Waals surface area contributed by atoms with Gasteiger partial charge in [0.05, 0.1) is 6.61 Å². The lowest BCUT2D eigenvalue weighted by Crippen LogP contribution is -2.42. The lowest BCUT2D eigenvalue weighted by atomic mass is 10.0. The maximum Gasteiger partial charge on any atom is 0.253 e. The summed E-state index contributed by atoms with van der Waals surface area (Å²) < 4.78 is 0. The van der Waals surface area contributed by atoms with Gasteiger partial charge in [0.25, 0.3) is 5.91 Å². The van der Waals surface area contributed by atoms with E-state index in [0.29, 0.717) is 30.6 Å². The van der Waals surface area contributed by atoms with Gasteiger partial charge in [-0.25, -0.2) is 0 Å². The van der Waals surface area contributed by atoms with Crippen molar-refractivity contribution in [2.24, 2.45) is 0 Å². The van der Waals surface area contributed by atoms with Gasteiger partial charge < -0.3 is 15.3 Å². The molecule has 21 heavy (non-hydrogen) atoms.